The third-order valence-corrected chi connectivity index (χ3v) is 4.48. The standard InChI is InChI=1S/C21H18F2N4/c1-14-26-20-13-24-9-8-21(20)27(14)18-6-2-15(3-7-18)11-25-12-16-4-5-17(22)10-19(16)23/h2-10,13,25H,11-12H2,1H3. The number of nitrogens with zero attached hydrogens (tertiary/aromatic N) is 3. The molecule has 0 saturated carbocycles. The highest BCUT2D eigenvalue weighted by Crippen LogP contribution is 2.20. The van der Waals surface area contributed by atoms with Crippen LogP contribution in [0.3, 0.4) is 0 Å². The number of aryl methyl sites for hydroxylation is 1. The van der Waals surface area contributed by atoms with Gasteiger partial charge in [-0.25, -0.2) is 13.8 Å². The van der Waals surface area contributed by atoms with Gasteiger partial charge < -0.3 is 5.32 Å². The molecule has 0 atom stereocenters. The van der Waals surface area contributed by atoms with E-state index in [2.05, 4.69) is 19.9 Å². The van der Waals surface area contributed by atoms with Crippen molar-refractivity contribution in [3.05, 3.63) is 89.5 Å². The fourth-order valence-electron chi connectivity index (χ4n) is 3.15. The highest BCUT2D eigenvalue weighted by atomic mass is 19.1. The van der Waals surface area contributed by atoms with Crippen molar-refractivity contribution >= 4 is 11.0 Å². The highest BCUT2D eigenvalue weighted by molar-refractivity contribution is 5.77. The van der Waals surface area contributed by atoms with Gasteiger partial charge in [0.05, 0.1) is 11.7 Å². The summed E-state index contributed by atoms with van der Waals surface area (Å²) in [6, 6.07) is 13.7. The van der Waals surface area contributed by atoms with Gasteiger partial charge in [0.2, 0.25) is 0 Å². The van der Waals surface area contributed by atoms with E-state index in [1.165, 1.54) is 12.1 Å². The summed E-state index contributed by atoms with van der Waals surface area (Å²) in [6.45, 7) is 2.89. The largest absolute Gasteiger partial charge is 0.309 e. The second kappa shape index (κ2) is 7.25. The molecule has 4 aromatic rings. The summed E-state index contributed by atoms with van der Waals surface area (Å²) in [7, 11) is 0. The van der Waals surface area contributed by atoms with Crippen molar-refractivity contribution in [3.63, 3.8) is 0 Å². The molecule has 2 aromatic carbocycles. The van der Waals surface area contributed by atoms with Crippen molar-refractivity contribution < 1.29 is 8.78 Å². The Morgan fingerprint density at radius 2 is 1.81 bits per heavy atom. The van der Waals surface area contributed by atoms with Crippen LogP contribution in [-0.2, 0) is 13.1 Å². The normalized spacial score (nSPS) is 11.2. The van der Waals surface area contributed by atoms with Gasteiger partial charge in [-0.2, -0.15) is 0 Å². The van der Waals surface area contributed by atoms with Crippen LogP contribution in [0.25, 0.3) is 16.7 Å². The third-order valence-electron chi connectivity index (χ3n) is 4.48. The Kier molecular flexibility index (Phi) is 4.64. The van der Waals surface area contributed by atoms with E-state index >= 15 is 0 Å². The second-order valence-electron chi connectivity index (χ2n) is 6.36. The maximum atomic E-state index is 13.7. The molecule has 0 aliphatic heterocycles. The van der Waals surface area contributed by atoms with Crippen LogP contribution in [0.15, 0.2) is 60.9 Å². The Morgan fingerprint density at radius 1 is 1.00 bits per heavy atom. The summed E-state index contributed by atoms with van der Waals surface area (Å²) in [4.78, 5) is 8.65. The smallest absolute Gasteiger partial charge is 0.130 e. The van der Waals surface area contributed by atoms with Gasteiger partial charge in [-0.3, -0.25) is 9.55 Å². The molecule has 0 bridgehead atoms. The van der Waals surface area contributed by atoms with Gasteiger partial charge in [0.25, 0.3) is 0 Å². The lowest BCUT2D eigenvalue weighted by molar-refractivity contribution is 0.560. The lowest BCUT2D eigenvalue weighted by atomic mass is 10.1. The summed E-state index contributed by atoms with van der Waals surface area (Å²) in [5.41, 5.74) is 4.42. The Balaban J connectivity index is 1.47. The predicted molar refractivity (Wildman–Crippen MR) is 101 cm³/mol. The molecule has 2 aromatic heterocycles. The van der Waals surface area contributed by atoms with Crippen molar-refractivity contribution in [2.24, 2.45) is 0 Å². The molecule has 1 N–H and O–H groups in total. The van der Waals surface area contributed by atoms with Gasteiger partial charge in [0.15, 0.2) is 0 Å². The Hall–Kier alpha value is -3.12. The van der Waals surface area contributed by atoms with E-state index in [9.17, 15) is 8.78 Å². The van der Waals surface area contributed by atoms with Crippen LogP contribution in [0.5, 0.6) is 0 Å². The summed E-state index contributed by atoms with van der Waals surface area (Å²) in [5, 5.41) is 3.18. The molecular formula is C21H18F2N4. The molecule has 2 heterocycles. The average molecular weight is 364 g/mol. The predicted octanol–water partition coefficient (Wildman–Crippen LogP) is 4.30. The van der Waals surface area contributed by atoms with Gasteiger partial charge in [-0.15, -0.1) is 0 Å². The SMILES string of the molecule is Cc1nc2cnccc2n1-c1ccc(CNCc2ccc(F)cc2F)cc1. The molecule has 6 heteroatoms. The zero-order valence-corrected chi connectivity index (χ0v) is 14.8. The topological polar surface area (TPSA) is 42.7 Å². The van der Waals surface area contributed by atoms with Crippen LogP contribution in [0.2, 0.25) is 0 Å². The molecule has 0 spiro atoms. The summed E-state index contributed by atoms with van der Waals surface area (Å²) < 4.78 is 28.7. The molecule has 4 nitrogen and oxygen atoms in total. The maximum Gasteiger partial charge on any atom is 0.130 e. The first kappa shape index (κ1) is 17.3. The molecule has 0 saturated heterocycles. The number of rotatable bonds is 5. The fourth-order valence-corrected chi connectivity index (χ4v) is 3.15. The summed E-state index contributed by atoms with van der Waals surface area (Å²) in [6.07, 6.45) is 3.51. The summed E-state index contributed by atoms with van der Waals surface area (Å²) >= 11 is 0. The third kappa shape index (κ3) is 3.57. The van der Waals surface area contributed by atoms with Crippen molar-refractivity contribution in [2.45, 2.75) is 20.0 Å². The van der Waals surface area contributed by atoms with Crippen LogP contribution in [0.1, 0.15) is 17.0 Å². The lowest BCUT2D eigenvalue weighted by Crippen LogP contribution is -2.14. The average Bonchev–Trinajstić information content (AvgIpc) is 3.00. The van der Waals surface area contributed by atoms with Crippen LogP contribution >= 0.6 is 0 Å². The second-order valence-corrected chi connectivity index (χ2v) is 6.36. The monoisotopic (exact) mass is 364 g/mol. The number of fused-ring (bicyclic) bond motifs is 1. The van der Waals surface area contributed by atoms with Crippen molar-refractivity contribution in [2.75, 3.05) is 0 Å². The first-order valence-corrected chi connectivity index (χ1v) is 8.65. The molecular weight excluding hydrogens is 346 g/mol. The maximum absolute atomic E-state index is 13.7. The molecule has 0 aliphatic rings. The fraction of sp³-hybridized carbons (Fsp3) is 0.143. The lowest BCUT2D eigenvalue weighted by Gasteiger charge is -2.09. The van der Waals surface area contributed by atoms with Crippen LogP contribution < -0.4 is 5.32 Å². The van der Waals surface area contributed by atoms with Gasteiger partial charge in [0, 0.05) is 36.6 Å². The van der Waals surface area contributed by atoms with Gasteiger partial charge in [0.1, 0.15) is 23.0 Å². The molecule has 27 heavy (non-hydrogen) atoms. The number of hydrogen-bond donors (Lipinski definition) is 1. The molecule has 0 unspecified atom stereocenters. The van der Waals surface area contributed by atoms with Crippen LogP contribution in [-0.4, -0.2) is 14.5 Å². The molecule has 0 amide bonds. The molecule has 0 fully saturated rings. The minimum absolute atomic E-state index is 0.339. The van der Waals surface area contributed by atoms with E-state index in [4.69, 9.17) is 0 Å². The van der Waals surface area contributed by atoms with Gasteiger partial charge >= 0.3 is 0 Å². The van der Waals surface area contributed by atoms with Crippen molar-refractivity contribution in [1.29, 1.82) is 0 Å². The van der Waals surface area contributed by atoms with E-state index in [0.717, 1.165) is 34.2 Å². The first-order chi connectivity index (χ1) is 13.1. The molecule has 0 aliphatic carbocycles. The minimum Gasteiger partial charge on any atom is -0.309 e. The molecule has 136 valence electrons. The number of nitrogens with one attached hydrogen (secondary N) is 1. The quantitative estimate of drug-likeness (QED) is 0.574. The van der Waals surface area contributed by atoms with E-state index < -0.39 is 11.6 Å². The van der Waals surface area contributed by atoms with Crippen molar-refractivity contribution in [1.82, 2.24) is 19.9 Å². The first-order valence-electron chi connectivity index (χ1n) is 8.65. The number of hydrogen-bond acceptors (Lipinski definition) is 3. The summed E-state index contributed by atoms with van der Waals surface area (Å²) in [5.74, 6) is -0.199. The number of pyridine rings is 1. The van der Waals surface area contributed by atoms with E-state index in [-0.39, 0.29) is 0 Å². The van der Waals surface area contributed by atoms with Crippen LogP contribution in [0.4, 0.5) is 8.78 Å². The number of aromatic nitrogens is 3. The zero-order valence-electron chi connectivity index (χ0n) is 14.8. The Morgan fingerprint density at radius 3 is 2.59 bits per heavy atom. The highest BCUT2D eigenvalue weighted by Gasteiger charge is 2.09. The van der Waals surface area contributed by atoms with Crippen LogP contribution in [0, 0.1) is 18.6 Å². The molecule has 4 rings (SSSR count). The number of benzene rings is 2. The van der Waals surface area contributed by atoms with Crippen molar-refractivity contribution in [3.8, 4) is 5.69 Å². The van der Waals surface area contributed by atoms with Gasteiger partial charge in [-0.05, 0) is 36.8 Å². The number of imidazole rings is 1. The minimum atomic E-state index is -0.565. The van der Waals surface area contributed by atoms with Gasteiger partial charge in [-0.1, -0.05) is 18.2 Å². The zero-order chi connectivity index (χ0) is 18.8. The molecule has 0 radical (unpaired) electrons. The Labute approximate surface area is 155 Å². The Bertz CT molecular complexity index is 1090. The van der Waals surface area contributed by atoms with E-state index in [1.807, 2.05) is 37.3 Å². The number of halogens is 2. The van der Waals surface area contributed by atoms with E-state index in [0.29, 0.717) is 18.7 Å². The van der Waals surface area contributed by atoms with E-state index in [1.54, 1.807) is 12.4 Å².